The van der Waals surface area contributed by atoms with Crippen molar-refractivity contribution in [3.63, 3.8) is 0 Å². The van der Waals surface area contributed by atoms with Crippen molar-refractivity contribution >= 4 is 22.8 Å². The van der Waals surface area contributed by atoms with E-state index in [1.807, 2.05) is 30.5 Å². The number of anilines is 1. The van der Waals surface area contributed by atoms with Crippen LogP contribution in [0.2, 0.25) is 0 Å². The molecule has 2 aromatic carbocycles. The van der Waals surface area contributed by atoms with E-state index in [4.69, 9.17) is 13.9 Å². The number of hydrogen-bond donors (Lipinski definition) is 1. The summed E-state index contributed by atoms with van der Waals surface area (Å²) in [4.78, 5) is 16.9. The average Bonchev–Trinajstić information content (AvgIpc) is 3.35. The van der Waals surface area contributed by atoms with Crippen molar-refractivity contribution in [3.8, 4) is 11.5 Å². The van der Waals surface area contributed by atoms with Gasteiger partial charge in [0.25, 0.3) is 5.91 Å². The lowest BCUT2D eigenvalue weighted by molar-refractivity contribution is 0.102. The number of benzene rings is 2. The average molecular weight is 377 g/mol. The minimum absolute atomic E-state index is 0.137. The van der Waals surface area contributed by atoms with Gasteiger partial charge in [0.2, 0.25) is 0 Å². The highest BCUT2D eigenvalue weighted by Crippen LogP contribution is 2.23. The number of amides is 1. The van der Waals surface area contributed by atoms with E-state index in [1.165, 1.54) is 20.5 Å². The van der Waals surface area contributed by atoms with Gasteiger partial charge in [-0.3, -0.25) is 10.1 Å². The molecule has 0 radical (unpaired) electrons. The standard InChI is InChI=1S/C21H19N3O4/c1-26-17-9-15(10-18(11-17)27-2)20(25)23-21-22-16(13-28-21)12-24-8-7-14-5-3-4-6-19(14)24/h3-11,13H,12H2,1-2H3,(H,22,23,25). The fraction of sp³-hybridized carbons (Fsp3) is 0.143. The van der Waals surface area contributed by atoms with Crippen LogP contribution in [0.5, 0.6) is 11.5 Å². The second-order valence-electron chi connectivity index (χ2n) is 6.20. The monoisotopic (exact) mass is 377 g/mol. The molecule has 142 valence electrons. The van der Waals surface area contributed by atoms with Crippen LogP contribution in [0, 0.1) is 0 Å². The van der Waals surface area contributed by atoms with E-state index in [2.05, 4.69) is 20.9 Å². The van der Waals surface area contributed by atoms with Gasteiger partial charge >= 0.3 is 6.01 Å². The third kappa shape index (κ3) is 3.55. The van der Waals surface area contributed by atoms with Crippen molar-refractivity contribution in [1.29, 1.82) is 0 Å². The van der Waals surface area contributed by atoms with Crippen molar-refractivity contribution in [2.45, 2.75) is 6.54 Å². The Bertz CT molecular complexity index is 1110. The van der Waals surface area contributed by atoms with Crippen LogP contribution in [0.4, 0.5) is 6.01 Å². The second-order valence-corrected chi connectivity index (χ2v) is 6.20. The molecule has 1 amide bonds. The molecule has 0 aliphatic rings. The number of aromatic nitrogens is 2. The molecule has 0 fully saturated rings. The molecular formula is C21H19N3O4. The third-order valence-corrected chi connectivity index (χ3v) is 4.40. The normalized spacial score (nSPS) is 10.8. The number of oxazole rings is 1. The van der Waals surface area contributed by atoms with Gasteiger partial charge in [0.05, 0.1) is 20.8 Å². The van der Waals surface area contributed by atoms with Gasteiger partial charge in [0.1, 0.15) is 23.5 Å². The zero-order chi connectivity index (χ0) is 19.5. The summed E-state index contributed by atoms with van der Waals surface area (Å²) in [6.45, 7) is 0.542. The SMILES string of the molecule is COc1cc(OC)cc(C(=O)Nc2nc(Cn3ccc4ccccc43)co2)c1. The van der Waals surface area contributed by atoms with Gasteiger partial charge in [0.15, 0.2) is 0 Å². The van der Waals surface area contributed by atoms with Crippen LogP contribution in [0.3, 0.4) is 0 Å². The minimum atomic E-state index is -0.364. The highest BCUT2D eigenvalue weighted by molar-refractivity contribution is 6.03. The molecule has 4 rings (SSSR count). The first-order valence-electron chi connectivity index (χ1n) is 8.69. The highest BCUT2D eigenvalue weighted by atomic mass is 16.5. The molecule has 0 spiro atoms. The Morgan fingerprint density at radius 2 is 1.86 bits per heavy atom. The Balaban J connectivity index is 1.50. The van der Waals surface area contributed by atoms with E-state index in [1.54, 1.807) is 18.2 Å². The first-order chi connectivity index (χ1) is 13.7. The summed E-state index contributed by atoms with van der Waals surface area (Å²) in [5.74, 6) is 0.686. The number of methoxy groups -OCH3 is 2. The molecular weight excluding hydrogens is 358 g/mol. The number of rotatable bonds is 6. The smallest absolute Gasteiger partial charge is 0.301 e. The molecule has 7 nitrogen and oxygen atoms in total. The number of fused-ring (bicyclic) bond motifs is 1. The summed E-state index contributed by atoms with van der Waals surface area (Å²) >= 11 is 0. The van der Waals surface area contributed by atoms with E-state index in [-0.39, 0.29) is 11.9 Å². The highest BCUT2D eigenvalue weighted by Gasteiger charge is 2.14. The number of nitrogens with one attached hydrogen (secondary N) is 1. The van der Waals surface area contributed by atoms with Crippen LogP contribution in [0.25, 0.3) is 10.9 Å². The van der Waals surface area contributed by atoms with E-state index >= 15 is 0 Å². The molecule has 2 heterocycles. The van der Waals surface area contributed by atoms with Crippen molar-refractivity contribution in [2.24, 2.45) is 0 Å². The van der Waals surface area contributed by atoms with Gasteiger partial charge in [0, 0.05) is 23.3 Å². The fourth-order valence-electron chi connectivity index (χ4n) is 3.00. The molecule has 0 saturated heterocycles. The van der Waals surface area contributed by atoms with Gasteiger partial charge in [-0.1, -0.05) is 18.2 Å². The Hall–Kier alpha value is -3.74. The summed E-state index contributed by atoms with van der Waals surface area (Å²) in [7, 11) is 3.06. The zero-order valence-electron chi connectivity index (χ0n) is 15.5. The van der Waals surface area contributed by atoms with Crippen LogP contribution in [-0.2, 0) is 6.54 Å². The maximum Gasteiger partial charge on any atom is 0.301 e. The number of ether oxygens (including phenoxy) is 2. The quantitative estimate of drug-likeness (QED) is 0.550. The van der Waals surface area contributed by atoms with Crippen molar-refractivity contribution < 1.29 is 18.7 Å². The molecule has 0 aliphatic carbocycles. The van der Waals surface area contributed by atoms with Crippen molar-refractivity contribution in [1.82, 2.24) is 9.55 Å². The largest absolute Gasteiger partial charge is 0.497 e. The molecule has 0 bridgehead atoms. The van der Waals surface area contributed by atoms with Gasteiger partial charge in [-0.2, -0.15) is 4.98 Å². The maximum atomic E-state index is 12.5. The number of carbonyl (C=O) groups is 1. The predicted octanol–water partition coefficient (Wildman–Crippen LogP) is 3.95. The van der Waals surface area contributed by atoms with Gasteiger partial charge in [-0.05, 0) is 29.7 Å². The van der Waals surface area contributed by atoms with Crippen LogP contribution >= 0.6 is 0 Å². The summed E-state index contributed by atoms with van der Waals surface area (Å²) in [6, 6.07) is 15.2. The molecule has 7 heteroatoms. The Morgan fingerprint density at radius 3 is 2.61 bits per heavy atom. The third-order valence-electron chi connectivity index (χ3n) is 4.40. The Kier molecular flexibility index (Phi) is 4.72. The number of hydrogen-bond acceptors (Lipinski definition) is 5. The lowest BCUT2D eigenvalue weighted by Crippen LogP contribution is -2.12. The lowest BCUT2D eigenvalue weighted by Gasteiger charge is -2.07. The van der Waals surface area contributed by atoms with Crippen LogP contribution < -0.4 is 14.8 Å². The summed E-state index contributed by atoms with van der Waals surface area (Å²) in [5, 5.41) is 3.82. The van der Waals surface area contributed by atoms with E-state index in [0.29, 0.717) is 29.3 Å². The summed E-state index contributed by atoms with van der Waals surface area (Å²) < 4.78 is 17.9. The molecule has 1 N–H and O–H groups in total. The molecule has 0 unspecified atom stereocenters. The van der Waals surface area contributed by atoms with Crippen molar-refractivity contribution in [2.75, 3.05) is 19.5 Å². The van der Waals surface area contributed by atoms with Gasteiger partial charge < -0.3 is 18.5 Å². The fourth-order valence-corrected chi connectivity index (χ4v) is 3.00. The van der Waals surface area contributed by atoms with Gasteiger partial charge in [-0.25, -0.2) is 0 Å². The topological polar surface area (TPSA) is 78.5 Å². The minimum Gasteiger partial charge on any atom is -0.497 e. The van der Waals surface area contributed by atoms with Crippen molar-refractivity contribution in [3.05, 3.63) is 72.2 Å². The van der Waals surface area contributed by atoms with E-state index in [0.717, 1.165) is 10.9 Å². The molecule has 2 aromatic heterocycles. The molecule has 0 aliphatic heterocycles. The first kappa shape index (κ1) is 17.7. The number of carbonyl (C=O) groups excluding carboxylic acids is 1. The molecule has 0 saturated carbocycles. The van der Waals surface area contributed by atoms with Crippen LogP contribution in [0.15, 0.2) is 65.4 Å². The Morgan fingerprint density at radius 1 is 1.11 bits per heavy atom. The van der Waals surface area contributed by atoms with Crippen LogP contribution in [-0.4, -0.2) is 29.7 Å². The number of nitrogens with zero attached hydrogens (tertiary/aromatic N) is 2. The maximum absolute atomic E-state index is 12.5. The summed E-state index contributed by atoms with van der Waals surface area (Å²) in [6.07, 6.45) is 3.54. The predicted molar refractivity (Wildman–Crippen MR) is 105 cm³/mol. The molecule has 28 heavy (non-hydrogen) atoms. The molecule has 0 atom stereocenters. The lowest BCUT2D eigenvalue weighted by atomic mass is 10.2. The number of para-hydroxylation sites is 1. The van der Waals surface area contributed by atoms with E-state index < -0.39 is 0 Å². The van der Waals surface area contributed by atoms with Gasteiger partial charge in [-0.15, -0.1) is 0 Å². The van der Waals surface area contributed by atoms with E-state index in [9.17, 15) is 4.79 Å². The second kappa shape index (κ2) is 7.48. The first-order valence-corrected chi connectivity index (χ1v) is 8.69. The Labute approximate surface area is 161 Å². The molecule has 4 aromatic rings. The van der Waals surface area contributed by atoms with Crippen LogP contribution in [0.1, 0.15) is 16.1 Å². The zero-order valence-corrected chi connectivity index (χ0v) is 15.5. The summed E-state index contributed by atoms with van der Waals surface area (Å²) in [5.41, 5.74) is 2.20.